The van der Waals surface area contributed by atoms with Crippen molar-refractivity contribution in [3.8, 4) is 0 Å². The third-order valence-electron chi connectivity index (χ3n) is 3.56. The molecule has 1 amide bonds. The van der Waals surface area contributed by atoms with Crippen molar-refractivity contribution < 1.29 is 4.79 Å². The number of carbonyl (C=O) groups excluding carboxylic acids is 1. The Balaban J connectivity index is 0.00000180. The number of halogens is 2. The molecule has 0 spiro atoms. The summed E-state index contributed by atoms with van der Waals surface area (Å²) in [6.45, 7) is 0.640. The number of amides is 1. The van der Waals surface area contributed by atoms with Crippen LogP contribution in [0.4, 0.5) is 0 Å². The number of nitrogens with two attached hydrogens (primary N) is 1. The topological polar surface area (TPSA) is 46.3 Å². The van der Waals surface area contributed by atoms with Crippen LogP contribution in [0.2, 0.25) is 5.02 Å². The second-order valence-electron chi connectivity index (χ2n) is 4.76. The van der Waals surface area contributed by atoms with Crippen molar-refractivity contribution in [3.05, 3.63) is 34.9 Å². The Bertz CT molecular complexity index is 420. The van der Waals surface area contributed by atoms with Crippen LogP contribution in [0.1, 0.15) is 31.2 Å². The van der Waals surface area contributed by atoms with E-state index in [0.29, 0.717) is 17.6 Å². The molecule has 1 aliphatic rings. The molecule has 1 aromatic carbocycles. The number of nitrogens with zero attached hydrogens (tertiary/aromatic N) is 1. The number of hydrogen-bond donors (Lipinski definition) is 1. The summed E-state index contributed by atoms with van der Waals surface area (Å²) in [7, 11) is 0. The molecule has 0 aromatic heterocycles. The maximum atomic E-state index is 12.0. The molecular formula is C14H20Cl2N2O. The molecule has 0 aliphatic heterocycles. The second kappa shape index (κ2) is 7.73. The van der Waals surface area contributed by atoms with Crippen LogP contribution in [0.15, 0.2) is 24.3 Å². The van der Waals surface area contributed by atoms with Gasteiger partial charge in [0, 0.05) is 17.6 Å². The van der Waals surface area contributed by atoms with Crippen LogP contribution in [0.3, 0.4) is 0 Å². The molecule has 0 radical (unpaired) electrons. The van der Waals surface area contributed by atoms with Gasteiger partial charge >= 0.3 is 0 Å². The second-order valence-corrected chi connectivity index (χ2v) is 5.16. The molecule has 1 aromatic rings. The van der Waals surface area contributed by atoms with Crippen molar-refractivity contribution in [2.24, 2.45) is 5.73 Å². The van der Waals surface area contributed by atoms with Crippen molar-refractivity contribution in [3.63, 3.8) is 0 Å². The van der Waals surface area contributed by atoms with E-state index in [-0.39, 0.29) is 24.9 Å². The fraction of sp³-hybridized carbons (Fsp3) is 0.500. The van der Waals surface area contributed by atoms with Crippen molar-refractivity contribution in [2.45, 2.75) is 38.3 Å². The van der Waals surface area contributed by atoms with Gasteiger partial charge in [-0.2, -0.15) is 0 Å². The zero-order valence-corrected chi connectivity index (χ0v) is 12.4. The van der Waals surface area contributed by atoms with Gasteiger partial charge in [0.05, 0.1) is 6.54 Å². The van der Waals surface area contributed by atoms with Gasteiger partial charge in [-0.25, -0.2) is 0 Å². The molecule has 0 saturated heterocycles. The smallest absolute Gasteiger partial charge is 0.236 e. The molecule has 0 unspecified atom stereocenters. The third kappa shape index (κ3) is 4.10. The van der Waals surface area contributed by atoms with Crippen LogP contribution >= 0.6 is 24.0 Å². The van der Waals surface area contributed by atoms with Crippen molar-refractivity contribution in [2.75, 3.05) is 6.54 Å². The average Bonchev–Trinajstić information content (AvgIpc) is 2.90. The summed E-state index contributed by atoms with van der Waals surface area (Å²) in [5, 5.41) is 0.713. The largest absolute Gasteiger partial charge is 0.334 e. The first-order valence-corrected chi connectivity index (χ1v) is 6.83. The first kappa shape index (κ1) is 16.3. The Hall–Kier alpha value is -0.770. The minimum atomic E-state index is 0. The Labute approximate surface area is 125 Å². The van der Waals surface area contributed by atoms with Crippen molar-refractivity contribution in [1.82, 2.24) is 4.90 Å². The number of carbonyl (C=O) groups is 1. The zero-order chi connectivity index (χ0) is 13.0. The Morgan fingerprint density at radius 2 is 1.95 bits per heavy atom. The minimum absolute atomic E-state index is 0. The molecule has 2 rings (SSSR count). The normalized spacial score (nSPS) is 15.1. The van der Waals surface area contributed by atoms with Crippen molar-refractivity contribution in [1.29, 1.82) is 0 Å². The van der Waals surface area contributed by atoms with E-state index in [1.165, 1.54) is 12.8 Å². The van der Waals surface area contributed by atoms with Gasteiger partial charge in [0.2, 0.25) is 5.91 Å². The predicted molar refractivity (Wildman–Crippen MR) is 80.6 cm³/mol. The van der Waals surface area contributed by atoms with Gasteiger partial charge < -0.3 is 10.6 Å². The predicted octanol–water partition coefficient (Wildman–Crippen LogP) is 2.99. The molecular weight excluding hydrogens is 283 g/mol. The van der Waals surface area contributed by atoms with Crippen LogP contribution in [-0.2, 0) is 11.3 Å². The van der Waals surface area contributed by atoms with E-state index in [4.69, 9.17) is 17.3 Å². The lowest BCUT2D eigenvalue weighted by molar-refractivity contribution is -0.132. The van der Waals surface area contributed by atoms with E-state index >= 15 is 0 Å². The van der Waals surface area contributed by atoms with Crippen LogP contribution in [0.5, 0.6) is 0 Å². The number of hydrogen-bond acceptors (Lipinski definition) is 2. The molecule has 2 N–H and O–H groups in total. The van der Waals surface area contributed by atoms with Gasteiger partial charge in [-0.3, -0.25) is 4.79 Å². The van der Waals surface area contributed by atoms with E-state index < -0.39 is 0 Å². The summed E-state index contributed by atoms with van der Waals surface area (Å²) in [5.41, 5.74) is 6.50. The molecule has 1 aliphatic carbocycles. The Morgan fingerprint density at radius 3 is 2.53 bits per heavy atom. The fourth-order valence-corrected chi connectivity index (χ4v) is 2.76. The lowest BCUT2D eigenvalue weighted by atomic mass is 10.1. The van der Waals surface area contributed by atoms with Crippen LogP contribution in [-0.4, -0.2) is 23.4 Å². The highest BCUT2D eigenvalue weighted by molar-refractivity contribution is 6.31. The van der Waals surface area contributed by atoms with E-state index in [1.807, 2.05) is 29.2 Å². The third-order valence-corrected chi connectivity index (χ3v) is 3.93. The zero-order valence-electron chi connectivity index (χ0n) is 10.8. The highest BCUT2D eigenvalue weighted by Gasteiger charge is 2.26. The average molecular weight is 303 g/mol. The molecule has 3 nitrogen and oxygen atoms in total. The summed E-state index contributed by atoms with van der Waals surface area (Å²) in [6, 6.07) is 8.00. The first-order valence-electron chi connectivity index (χ1n) is 6.45. The van der Waals surface area contributed by atoms with Gasteiger partial charge in [-0.05, 0) is 24.5 Å². The molecule has 106 valence electrons. The van der Waals surface area contributed by atoms with Crippen LogP contribution in [0, 0.1) is 0 Å². The SMILES string of the molecule is Cl.NCC(=O)N(Cc1ccccc1Cl)C1CCCC1. The van der Waals surface area contributed by atoms with Crippen LogP contribution < -0.4 is 5.73 Å². The summed E-state index contributed by atoms with van der Waals surface area (Å²) < 4.78 is 0. The molecule has 0 bridgehead atoms. The quantitative estimate of drug-likeness (QED) is 0.929. The van der Waals surface area contributed by atoms with E-state index in [2.05, 4.69) is 0 Å². The maximum Gasteiger partial charge on any atom is 0.236 e. The molecule has 5 heteroatoms. The van der Waals surface area contributed by atoms with Crippen molar-refractivity contribution >= 4 is 29.9 Å². The fourth-order valence-electron chi connectivity index (χ4n) is 2.56. The summed E-state index contributed by atoms with van der Waals surface area (Å²) in [5.74, 6) is 0.0156. The van der Waals surface area contributed by atoms with Gasteiger partial charge in [0.15, 0.2) is 0 Å². The first-order chi connectivity index (χ1) is 8.72. The summed E-state index contributed by atoms with van der Waals surface area (Å²) >= 11 is 6.15. The van der Waals surface area contributed by atoms with Gasteiger partial charge in [0.1, 0.15) is 0 Å². The van der Waals surface area contributed by atoms with E-state index in [9.17, 15) is 4.79 Å². The van der Waals surface area contributed by atoms with Gasteiger partial charge in [-0.15, -0.1) is 12.4 Å². The van der Waals surface area contributed by atoms with Crippen LogP contribution in [0.25, 0.3) is 0 Å². The van der Waals surface area contributed by atoms with Gasteiger partial charge in [-0.1, -0.05) is 42.6 Å². The highest BCUT2D eigenvalue weighted by Crippen LogP contribution is 2.26. The highest BCUT2D eigenvalue weighted by atomic mass is 35.5. The molecule has 0 atom stereocenters. The molecule has 1 fully saturated rings. The molecule has 0 heterocycles. The minimum Gasteiger partial charge on any atom is -0.334 e. The van der Waals surface area contributed by atoms with Gasteiger partial charge in [0.25, 0.3) is 0 Å². The number of benzene rings is 1. The van der Waals surface area contributed by atoms with E-state index in [1.54, 1.807) is 0 Å². The standard InChI is InChI=1S/C14H19ClN2O.ClH/c15-13-8-4-1-5-11(13)10-17(14(18)9-16)12-6-2-3-7-12;/h1,4-5,8,12H,2-3,6-7,9-10,16H2;1H. The Kier molecular flexibility index (Phi) is 6.63. The maximum absolute atomic E-state index is 12.0. The number of rotatable bonds is 4. The monoisotopic (exact) mass is 302 g/mol. The van der Waals surface area contributed by atoms with E-state index in [0.717, 1.165) is 18.4 Å². The lowest BCUT2D eigenvalue weighted by Crippen LogP contribution is -2.41. The molecule has 1 saturated carbocycles. The summed E-state index contributed by atoms with van der Waals surface area (Å²) in [6.07, 6.45) is 4.55. The lowest BCUT2D eigenvalue weighted by Gasteiger charge is -2.29. The summed E-state index contributed by atoms with van der Waals surface area (Å²) in [4.78, 5) is 13.9. The molecule has 19 heavy (non-hydrogen) atoms. The Morgan fingerprint density at radius 1 is 1.32 bits per heavy atom.